The maximum atomic E-state index is 10.7. The minimum Gasteiger partial charge on any atom is -0.508 e. The van der Waals surface area contributed by atoms with Crippen LogP contribution in [0.25, 0.3) is 0 Å². The number of aromatic hydroxyl groups is 1. The molecular formula is C12H15NO3. The predicted molar refractivity (Wildman–Crippen MR) is 59.6 cm³/mol. The first kappa shape index (κ1) is 10.8. The summed E-state index contributed by atoms with van der Waals surface area (Å²) < 4.78 is 0. The van der Waals surface area contributed by atoms with Gasteiger partial charge >= 0.3 is 6.09 Å². The van der Waals surface area contributed by atoms with Gasteiger partial charge in [-0.2, -0.15) is 0 Å². The summed E-state index contributed by atoms with van der Waals surface area (Å²) in [7, 11) is 0. The molecule has 3 N–H and O–H groups in total. The average Bonchev–Trinajstić information content (AvgIpc) is 2.40. The zero-order chi connectivity index (χ0) is 11.5. The van der Waals surface area contributed by atoms with Gasteiger partial charge in [-0.05, 0) is 42.5 Å². The number of benzene rings is 1. The van der Waals surface area contributed by atoms with Crippen molar-refractivity contribution in [2.75, 3.05) is 0 Å². The summed E-state index contributed by atoms with van der Waals surface area (Å²) in [5.41, 5.74) is 2.05. The summed E-state index contributed by atoms with van der Waals surface area (Å²) in [4.78, 5) is 10.7. The zero-order valence-electron chi connectivity index (χ0n) is 8.94. The molecule has 0 heterocycles. The van der Waals surface area contributed by atoms with E-state index in [1.54, 1.807) is 12.1 Å². The van der Waals surface area contributed by atoms with E-state index in [2.05, 4.69) is 5.32 Å². The first-order chi connectivity index (χ1) is 7.66. The molecule has 4 nitrogen and oxygen atoms in total. The molecule has 0 spiro atoms. The van der Waals surface area contributed by atoms with E-state index in [9.17, 15) is 9.90 Å². The number of aryl methyl sites for hydroxylation is 1. The van der Waals surface area contributed by atoms with E-state index in [4.69, 9.17) is 5.11 Å². The van der Waals surface area contributed by atoms with Gasteiger partial charge < -0.3 is 15.5 Å². The van der Waals surface area contributed by atoms with Crippen LogP contribution in [0.15, 0.2) is 18.2 Å². The molecule has 4 heteroatoms. The van der Waals surface area contributed by atoms with Crippen molar-refractivity contribution in [2.45, 2.75) is 31.7 Å². The van der Waals surface area contributed by atoms with Crippen LogP contribution in [0.1, 0.15) is 36.4 Å². The highest BCUT2D eigenvalue weighted by Crippen LogP contribution is 2.30. The van der Waals surface area contributed by atoms with Gasteiger partial charge in [0.05, 0.1) is 6.04 Å². The SMILES string of the molecule is O=C(O)N[C@@H]1CCCCc2cc(O)ccc21. The van der Waals surface area contributed by atoms with Crippen molar-refractivity contribution in [1.82, 2.24) is 5.32 Å². The standard InChI is InChI=1S/C12H15NO3/c14-9-5-6-10-8(7-9)3-1-2-4-11(10)13-12(15)16/h5-7,11,13-14H,1-4H2,(H,15,16)/t11-/m1/s1. The van der Waals surface area contributed by atoms with Crippen molar-refractivity contribution in [3.05, 3.63) is 29.3 Å². The normalized spacial score (nSPS) is 19.6. The third kappa shape index (κ3) is 2.27. The van der Waals surface area contributed by atoms with Crippen LogP contribution >= 0.6 is 0 Å². The molecule has 1 aromatic rings. The second kappa shape index (κ2) is 4.43. The number of carboxylic acid groups (broad SMARTS) is 1. The topological polar surface area (TPSA) is 69.6 Å². The number of hydrogen-bond donors (Lipinski definition) is 3. The lowest BCUT2D eigenvalue weighted by Gasteiger charge is -2.17. The number of nitrogens with one attached hydrogen (secondary N) is 1. The molecule has 1 aliphatic carbocycles. The van der Waals surface area contributed by atoms with Gasteiger partial charge in [-0.15, -0.1) is 0 Å². The number of phenolic OH excluding ortho intramolecular Hbond substituents is 1. The molecule has 0 unspecified atom stereocenters. The zero-order valence-corrected chi connectivity index (χ0v) is 8.94. The smallest absolute Gasteiger partial charge is 0.405 e. The van der Waals surface area contributed by atoms with Crippen LogP contribution in [0.2, 0.25) is 0 Å². The molecule has 86 valence electrons. The summed E-state index contributed by atoms with van der Waals surface area (Å²) in [5.74, 6) is 0.245. The van der Waals surface area contributed by atoms with E-state index < -0.39 is 6.09 Å². The summed E-state index contributed by atoms with van der Waals surface area (Å²) in [6.45, 7) is 0. The Morgan fingerprint density at radius 1 is 1.38 bits per heavy atom. The van der Waals surface area contributed by atoms with Gasteiger partial charge in [0, 0.05) is 0 Å². The maximum Gasteiger partial charge on any atom is 0.405 e. The van der Waals surface area contributed by atoms with Crippen LogP contribution in [0.5, 0.6) is 5.75 Å². The van der Waals surface area contributed by atoms with E-state index >= 15 is 0 Å². The van der Waals surface area contributed by atoms with Gasteiger partial charge in [-0.1, -0.05) is 12.5 Å². The van der Waals surface area contributed by atoms with Crippen LogP contribution in [0, 0.1) is 0 Å². The van der Waals surface area contributed by atoms with Crippen LogP contribution in [-0.2, 0) is 6.42 Å². The largest absolute Gasteiger partial charge is 0.508 e. The van der Waals surface area contributed by atoms with Gasteiger partial charge in [-0.25, -0.2) is 4.79 Å². The number of hydrogen-bond acceptors (Lipinski definition) is 2. The third-order valence-electron chi connectivity index (χ3n) is 2.99. The summed E-state index contributed by atoms with van der Waals surface area (Å²) >= 11 is 0. The second-order valence-corrected chi connectivity index (χ2v) is 4.13. The summed E-state index contributed by atoms with van der Waals surface area (Å²) in [5, 5.41) is 20.7. The van der Waals surface area contributed by atoms with Crippen molar-refractivity contribution < 1.29 is 15.0 Å². The van der Waals surface area contributed by atoms with E-state index in [-0.39, 0.29) is 11.8 Å². The molecule has 16 heavy (non-hydrogen) atoms. The number of amides is 1. The molecule has 1 atom stereocenters. The Morgan fingerprint density at radius 3 is 2.94 bits per heavy atom. The molecule has 1 amide bonds. The highest BCUT2D eigenvalue weighted by atomic mass is 16.4. The fourth-order valence-electron chi connectivity index (χ4n) is 2.27. The van der Waals surface area contributed by atoms with Crippen LogP contribution in [0.4, 0.5) is 4.79 Å². The molecule has 2 rings (SSSR count). The first-order valence-electron chi connectivity index (χ1n) is 5.48. The second-order valence-electron chi connectivity index (χ2n) is 4.13. The van der Waals surface area contributed by atoms with Crippen LogP contribution in [0.3, 0.4) is 0 Å². The van der Waals surface area contributed by atoms with Crippen molar-refractivity contribution in [1.29, 1.82) is 0 Å². The molecule has 1 aromatic carbocycles. The lowest BCUT2D eigenvalue weighted by Crippen LogP contribution is -2.26. The fourth-order valence-corrected chi connectivity index (χ4v) is 2.27. The van der Waals surface area contributed by atoms with E-state index in [0.29, 0.717) is 0 Å². The van der Waals surface area contributed by atoms with Gasteiger partial charge in [-0.3, -0.25) is 0 Å². The van der Waals surface area contributed by atoms with Gasteiger partial charge in [0.2, 0.25) is 0 Å². The summed E-state index contributed by atoms with van der Waals surface area (Å²) in [6.07, 6.45) is 2.77. The number of rotatable bonds is 1. The highest BCUT2D eigenvalue weighted by molar-refractivity contribution is 5.65. The van der Waals surface area contributed by atoms with Crippen molar-refractivity contribution >= 4 is 6.09 Å². The highest BCUT2D eigenvalue weighted by Gasteiger charge is 2.20. The lowest BCUT2D eigenvalue weighted by atomic mass is 9.99. The molecular weight excluding hydrogens is 206 g/mol. The monoisotopic (exact) mass is 221 g/mol. The quantitative estimate of drug-likeness (QED) is 0.638. The predicted octanol–water partition coefficient (Wildman–Crippen LogP) is 2.43. The van der Waals surface area contributed by atoms with E-state index in [0.717, 1.165) is 36.8 Å². The molecule has 0 aliphatic heterocycles. The Hall–Kier alpha value is -1.71. The van der Waals surface area contributed by atoms with E-state index in [1.165, 1.54) is 0 Å². The molecule has 0 saturated heterocycles. The number of fused-ring (bicyclic) bond motifs is 1. The molecule has 0 aromatic heterocycles. The summed E-state index contributed by atoms with van der Waals surface area (Å²) in [6, 6.07) is 5.02. The third-order valence-corrected chi connectivity index (χ3v) is 2.99. The fraction of sp³-hybridized carbons (Fsp3) is 0.417. The maximum absolute atomic E-state index is 10.7. The van der Waals surface area contributed by atoms with Crippen LogP contribution < -0.4 is 5.32 Å². The molecule has 0 radical (unpaired) electrons. The number of carbonyl (C=O) groups is 1. The van der Waals surface area contributed by atoms with Crippen LogP contribution in [-0.4, -0.2) is 16.3 Å². The Kier molecular flexibility index (Phi) is 2.99. The van der Waals surface area contributed by atoms with Gasteiger partial charge in [0.15, 0.2) is 0 Å². The van der Waals surface area contributed by atoms with Crippen molar-refractivity contribution in [2.24, 2.45) is 0 Å². The molecule has 1 aliphatic rings. The lowest BCUT2D eigenvalue weighted by molar-refractivity contribution is 0.189. The Bertz CT molecular complexity index is 403. The van der Waals surface area contributed by atoms with Gasteiger partial charge in [0.25, 0.3) is 0 Å². The van der Waals surface area contributed by atoms with Crippen molar-refractivity contribution in [3.63, 3.8) is 0 Å². The molecule has 0 fully saturated rings. The molecule has 0 bridgehead atoms. The first-order valence-corrected chi connectivity index (χ1v) is 5.48. The Morgan fingerprint density at radius 2 is 2.19 bits per heavy atom. The van der Waals surface area contributed by atoms with E-state index in [1.807, 2.05) is 6.07 Å². The number of phenols is 1. The minimum absolute atomic E-state index is 0.143. The Labute approximate surface area is 93.9 Å². The van der Waals surface area contributed by atoms with Crippen molar-refractivity contribution in [3.8, 4) is 5.75 Å². The average molecular weight is 221 g/mol. The van der Waals surface area contributed by atoms with Gasteiger partial charge in [0.1, 0.15) is 5.75 Å². The Balaban J connectivity index is 2.32. The minimum atomic E-state index is -0.995. The molecule has 0 saturated carbocycles.